The van der Waals surface area contributed by atoms with Gasteiger partial charge in [-0.05, 0) is 24.2 Å². The van der Waals surface area contributed by atoms with Gasteiger partial charge in [0, 0.05) is 13.1 Å². The van der Waals surface area contributed by atoms with E-state index in [1.54, 1.807) is 6.07 Å². The zero-order valence-corrected chi connectivity index (χ0v) is 12.5. The SMILES string of the molecule is CCN(Cc1ccccc1)Cc1cccc(C(=O)OC)n1. The Bertz CT molecular complexity index is 584. The number of rotatable bonds is 6. The minimum atomic E-state index is -0.400. The number of carbonyl (C=O) groups is 1. The Hall–Kier alpha value is -2.20. The Morgan fingerprint density at radius 3 is 2.52 bits per heavy atom. The van der Waals surface area contributed by atoms with Crippen LogP contribution in [0.3, 0.4) is 0 Å². The Morgan fingerprint density at radius 2 is 1.86 bits per heavy atom. The van der Waals surface area contributed by atoms with Crippen LogP contribution < -0.4 is 0 Å². The molecule has 4 heteroatoms. The monoisotopic (exact) mass is 284 g/mol. The summed E-state index contributed by atoms with van der Waals surface area (Å²) in [4.78, 5) is 18.1. The third kappa shape index (κ3) is 4.39. The fraction of sp³-hybridized carbons (Fsp3) is 0.294. The molecule has 0 spiro atoms. The second-order valence-electron chi connectivity index (χ2n) is 4.79. The van der Waals surface area contributed by atoms with E-state index in [4.69, 9.17) is 4.74 Å². The van der Waals surface area contributed by atoms with Crippen LogP contribution in [0.4, 0.5) is 0 Å². The summed E-state index contributed by atoms with van der Waals surface area (Å²) in [5.41, 5.74) is 2.49. The average Bonchev–Trinajstić information content (AvgIpc) is 2.54. The van der Waals surface area contributed by atoms with Gasteiger partial charge in [0.15, 0.2) is 0 Å². The summed E-state index contributed by atoms with van der Waals surface area (Å²) < 4.78 is 4.70. The van der Waals surface area contributed by atoms with Gasteiger partial charge < -0.3 is 4.74 Å². The highest BCUT2D eigenvalue weighted by atomic mass is 16.5. The summed E-state index contributed by atoms with van der Waals surface area (Å²) in [5.74, 6) is -0.400. The van der Waals surface area contributed by atoms with E-state index in [1.807, 2.05) is 30.3 Å². The predicted octanol–water partition coefficient (Wildman–Crippen LogP) is 2.89. The first kappa shape index (κ1) is 15.2. The third-order valence-corrected chi connectivity index (χ3v) is 3.28. The molecule has 0 radical (unpaired) electrons. The molecule has 0 aliphatic rings. The van der Waals surface area contributed by atoms with E-state index in [0.717, 1.165) is 18.8 Å². The van der Waals surface area contributed by atoms with Gasteiger partial charge in [-0.3, -0.25) is 4.90 Å². The van der Waals surface area contributed by atoms with Crippen molar-refractivity contribution < 1.29 is 9.53 Å². The maximum absolute atomic E-state index is 11.5. The molecular weight excluding hydrogens is 264 g/mol. The summed E-state index contributed by atoms with van der Waals surface area (Å²) >= 11 is 0. The molecule has 0 N–H and O–H groups in total. The Kier molecular flexibility index (Phi) is 5.46. The molecule has 0 saturated carbocycles. The number of pyridine rings is 1. The van der Waals surface area contributed by atoms with Gasteiger partial charge in [0.25, 0.3) is 0 Å². The fourth-order valence-corrected chi connectivity index (χ4v) is 2.14. The first-order valence-corrected chi connectivity index (χ1v) is 7.03. The van der Waals surface area contributed by atoms with Crippen molar-refractivity contribution in [3.05, 3.63) is 65.5 Å². The van der Waals surface area contributed by atoms with Gasteiger partial charge in [-0.15, -0.1) is 0 Å². The molecule has 0 amide bonds. The Morgan fingerprint density at radius 1 is 1.10 bits per heavy atom. The van der Waals surface area contributed by atoms with Crippen molar-refractivity contribution >= 4 is 5.97 Å². The van der Waals surface area contributed by atoms with Crippen molar-refractivity contribution in [3.8, 4) is 0 Å². The summed E-state index contributed by atoms with van der Waals surface area (Å²) in [6, 6.07) is 15.8. The Labute approximate surface area is 125 Å². The van der Waals surface area contributed by atoms with Gasteiger partial charge in [0.1, 0.15) is 5.69 Å². The van der Waals surface area contributed by atoms with E-state index in [2.05, 4.69) is 28.9 Å². The van der Waals surface area contributed by atoms with Crippen molar-refractivity contribution in [1.82, 2.24) is 9.88 Å². The summed E-state index contributed by atoms with van der Waals surface area (Å²) in [6.45, 7) is 4.60. The van der Waals surface area contributed by atoms with Crippen molar-refractivity contribution in [2.45, 2.75) is 20.0 Å². The number of hydrogen-bond donors (Lipinski definition) is 0. The van der Waals surface area contributed by atoms with E-state index in [0.29, 0.717) is 12.2 Å². The summed E-state index contributed by atoms with van der Waals surface area (Å²) in [5, 5.41) is 0. The zero-order valence-electron chi connectivity index (χ0n) is 12.5. The third-order valence-electron chi connectivity index (χ3n) is 3.28. The predicted molar refractivity (Wildman–Crippen MR) is 81.8 cm³/mol. The van der Waals surface area contributed by atoms with Crippen molar-refractivity contribution in [3.63, 3.8) is 0 Å². The van der Waals surface area contributed by atoms with Gasteiger partial charge in [0.2, 0.25) is 0 Å². The molecule has 21 heavy (non-hydrogen) atoms. The molecule has 0 fully saturated rings. The highest BCUT2D eigenvalue weighted by Gasteiger charge is 2.10. The maximum Gasteiger partial charge on any atom is 0.356 e. The standard InChI is InChI=1S/C17H20N2O2/c1-3-19(12-14-8-5-4-6-9-14)13-15-10-7-11-16(18-15)17(20)21-2/h4-11H,3,12-13H2,1-2H3. The van der Waals surface area contributed by atoms with Crippen LogP contribution in [0, 0.1) is 0 Å². The van der Waals surface area contributed by atoms with Crippen LogP contribution in [0.25, 0.3) is 0 Å². The fourth-order valence-electron chi connectivity index (χ4n) is 2.14. The lowest BCUT2D eigenvalue weighted by molar-refractivity contribution is 0.0593. The molecule has 4 nitrogen and oxygen atoms in total. The highest BCUT2D eigenvalue weighted by Crippen LogP contribution is 2.09. The maximum atomic E-state index is 11.5. The van der Waals surface area contributed by atoms with Crippen LogP contribution in [0.1, 0.15) is 28.7 Å². The van der Waals surface area contributed by atoms with Crippen molar-refractivity contribution in [2.24, 2.45) is 0 Å². The first-order valence-electron chi connectivity index (χ1n) is 7.03. The summed E-state index contributed by atoms with van der Waals surface area (Å²) in [7, 11) is 1.37. The Balaban J connectivity index is 2.06. The van der Waals surface area contributed by atoms with Gasteiger partial charge in [-0.1, -0.05) is 43.3 Å². The quantitative estimate of drug-likeness (QED) is 0.765. The number of nitrogens with zero attached hydrogens (tertiary/aromatic N) is 2. The van der Waals surface area contributed by atoms with Crippen molar-refractivity contribution in [2.75, 3.05) is 13.7 Å². The lowest BCUT2D eigenvalue weighted by Crippen LogP contribution is -2.23. The molecule has 1 aromatic carbocycles. The number of esters is 1. The molecule has 0 aliphatic carbocycles. The van der Waals surface area contributed by atoms with Crippen LogP contribution in [-0.4, -0.2) is 29.5 Å². The first-order chi connectivity index (χ1) is 10.2. The van der Waals surface area contributed by atoms with E-state index < -0.39 is 5.97 Å². The second-order valence-corrected chi connectivity index (χ2v) is 4.79. The second kappa shape index (κ2) is 7.55. The number of aromatic nitrogens is 1. The molecule has 1 heterocycles. The van der Waals surface area contributed by atoms with Gasteiger partial charge in [-0.25, -0.2) is 9.78 Å². The molecule has 0 aliphatic heterocycles. The van der Waals surface area contributed by atoms with Crippen LogP contribution >= 0.6 is 0 Å². The molecule has 0 unspecified atom stereocenters. The normalized spacial score (nSPS) is 10.6. The van der Waals surface area contributed by atoms with E-state index in [-0.39, 0.29) is 0 Å². The average molecular weight is 284 g/mol. The molecule has 0 bridgehead atoms. The number of hydrogen-bond acceptors (Lipinski definition) is 4. The van der Waals surface area contributed by atoms with Crippen LogP contribution in [0.5, 0.6) is 0 Å². The largest absolute Gasteiger partial charge is 0.464 e. The number of benzene rings is 1. The highest BCUT2D eigenvalue weighted by molar-refractivity contribution is 5.87. The molecule has 110 valence electrons. The van der Waals surface area contributed by atoms with E-state index in [9.17, 15) is 4.79 Å². The van der Waals surface area contributed by atoms with Crippen LogP contribution in [0.2, 0.25) is 0 Å². The molecular formula is C17H20N2O2. The zero-order chi connectivity index (χ0) is 15.1. The lowest BCUT2D eigenvalue weighted by atomic mass is 10.2. The minimum Gasteiger partial charge on any atom is -0.464 e. The number of carbonyl (C=O) groups excluding carboxylic acids is 1. The van der Waals surface area contributed by atoms with Gasteiger partial charge in [0.05, 0.1) is 12.8 Å². The van der Waals surface area contributed by atoms with Gasteiger partial charge in [-0.2, -0.15) is 0 Å². The molecule has 0 saturated heterocycles. The minimum absolute atomic E-state index is 0.353. The molecule has 2 rings (SSSR count). The molecule has 2 aromatic rings. The summed E-state index contributed by atoms with van der Waals surface area (Å²) in [6.07, 6.45) is 0. The molecule has 0 atom stereocenters. The van der Waals surface area contributed by atoms with Crippen LogP contribution in [0.15, 0.2) is 48.5 Å². The van der Waals surface area contributed by atoms with E-state index >= 15 is 0 Å². The van der Waals surface area contributed by atoms with Crippen molar-refractivity contribution in [1.29, 1.82) is 0 Å². The number of methoxy groups -OCH3 is 1. The topological polar surface area (TPSA) is 42.4 Å². The lowest BCUT2D eigenvalue weighted by Gasteiger charge is -2.20. The van der Waals surface area contributed by atoms with E-state index in [1.165, 1.54) is 12.7 Å². The number of ether oxygens (including phenoxy) is 1. The van der Waals surface area contributed by atoms with Gasteiger partial charge >= 0.3 is 5.97 Å². The molecule has 1 aromatic heterocycles. The smallest absolute Gasteiger partial charge is 0.356 e. The van der Waals surface area contributed by atoms with Crippen LogP contribution in [-0.2, 0) is 17.8 Å².